The lowest BCUT2D eigenvalue weighted by Crippen LogP contribution is -2.33. The first-order valence-electron chi connectivity index (χ1n) is 11.6. The Kier molecular flexibility index (Phi) is 6.67. The Labute approximate surface area is 220 Å². The number of rotatable bonds is 6. The highest BCUT2D eigenvalue weighted by Crippen LogP contribution is 2.42. The molecule has 0 atom stereocenters. The number of carboxylic acid groups (broad SMARTS) is 1. The van der Waals surface area contributed by atoms with Gasteiger partial charge in [0.15, 0.2) is 5.43 Å². The van der Waals surface area contributed by atoms with Gasteiger partial charge < -0.3 is 24.7 Å². The first-order valence-corrected chi connectivity index (χ1v) is 11.6. The number of hydrazone groups is 1. The lowest BCUT2D eigenvalue weighted by atomic mass is 9.77. The molecule has 0 saturated heterocycles. The molecule has 192 valence electrons. The predicted molar refractivity (Wildman–Crippen MR) is 144 cm³/mol. The molecular formula is C28H19BN2O8. The fraction of sp³-hybridized carbons (Fsp3) is 0. The summed E-state index contributed by atoms with van der Waals surface area (Å²) >= 11 is 0. The fourth-order valence-electron chi connectivity index (χ4n) is 4.32. The first kappa shape index (κ1) is 25.4. The molecule has 0 bridgehead atoms. The topological polar surface area (TPSA) is 170 Å². The lowest BCUT2D eigenvalue weighted by molar-refractivity contribution is 0.0697. The number of phenols is 1. The van der Waals surface area contributed by atoms with Crippen molar-refractivity contribution in [3.05, 3.63) is 106 Å². The van der Waals surface area contributed by atoms with Gasteiger partial charge in [-0.2, -0.15) is 5.10 Å². The molecule has 3 aromatic rings. The predicted octanol–water partition coefficient (Wildman–Crippen LogP) is 2.41. The number of benzene rings is 4. The Hall–Kier alpha value is -5.26. The van der Waals surface area contributed by atoms with Crippen LogP contribution in [-0.2, 0) is 0 Å². The highest BCUT2D eigenvalue weighted by atomic mass is 16.4. The molecular weight excluding hydrogens is 503 g/mol. The molecule has 1 aliphatic carbocycles. The second kappa shape index (κ2) is 10.2. The minimum Gasteiger partial charge on any atom is -0.508 e. The summed E-state index contributed by atoms with van der Waals surface area (Å²) in [5.74, 6) is -1.86. The number of hydrogen-bond donors (Lipinski definition) is 5. The van der Waals surface area contributed by atoms with E-state index in [1.54, 1.807) is 24.3 Å². The summed E-state index contributed by atoms with van der Waals surface area (Å²) in [5, 5.41) is 43.3. The number of fused-ring (bicyclic) bond motifs is 2. The van der Waals surface area contributed by atoms with Gasteiger partial charge in [0.2, 0.25) is 0 Å². The van der Waals surface area contributed by atoms with Gasteiger partial charge in [-0.1, -0.05) is 30.3 Å². The molecule has 0 radical (unpaired) electrons. The summed E-state index contributed by atoms with van der Waals surface area (Å²) in [6.45, 7) is 0. The molecule has 2 aliphatic rings. The van der Waals surface area contributed by atoms with Crippen molar-refractivity contribution in [2.75, 3.05) is 0 Å². The zero-order valence-corrected chi connectivity index (χ0v) is 20.0. The molecule has 3 aromatic carbocycles. The molecule has 0 saturated carbocycles. The summed E-state index contributed by atoms with van der Waals surface area (Å²) in [6, 6.07) is 19.0. The molecule has 10 nitrogen and oxygen atoms in total. The van der Waals surface area contributed by atoms with Crippen LogP contribution in [0.5, 0.6) is 5.75 Å². The molecule has 5 rings (SSSR count). The second-order valence-corrected chi connectivity index (χ2v) is 8.58. The highest BCUT2D eigenvalue weighted by molar-refractivity contribution is 6.60. The number of amides is 1. The summed E-state index contributed by atoms with van der Waals surface area (Å²) in [4.78, 5) is 37.1. The number of carbonyl (C=O) groups is 2. The zero-order valence-electron chi connectivity index (χ0n) is 20.0. The fourth-order valence-corrected chi connectivity index (χ4v) is 4.32. The van der Waals surface area contributed by atoms with E-state index in [-0.39, 0.29) is 44.7 Å². The van der Waals surface area contributed by atoms with E-state index >= 15 is 0 Å². The van der Waals surface area contributed by atoms with E-state index in [1.807, 2.05) is 0 Å². The van der Waals surface area contributed by atoms with Crippen LogP contribution >= 0.6 is 0 Å². The van der Waals surface area contributed by atoms with Crippen molar-refractivity contribution in [2.24, 2.45) is 5.10 Å². The van der Waals surface area contributed by atoms with E-state index in [4.69, 9.17) is 4.42 Å². The van der Waals surface area contributed by atoms with E-state index in [1.165, 1.54) is 60.8 Å². The van der Waals surface area contributed by atoms with Crippen LogP contribution in [0.1, 0.15) is 26.3 Å². The van der Waals surface area contributed by atoms with Gasteiger partial charge in [0.25, 0.3) is 5.91 Å². The first-order chi connectivity index (χ1) is 18.7. The molecule has 0 unspecified atom stereocenters. The second-order valence-electron chi connectivity index (χ2n) is 8.58. The summed E-state index contributed by atoms with van der Waals surface area (Å²) in [7, 11) is -1.73. The molecule has 1 aliphatic heterocycles. The third-order valence-electron chi connectivity index (χ3n) is 6.10. The Morgan fingerprint density at radius 3 is 2.46 bits per heavy atom. The van der Waals surface area contributed by atoms with Gasteiger partial charge in [-0.25, -0.2) is 10.2 Å². The SMILES string of the molecule is O=C(N/N=C/c1ccccc1B(O)O)c1ccc(-c2c3ccc(=O)cc-3oc3cc(O)ccc23)c(C(=O)O)c1. The average Bonchev–Trinajstić information content (AvgIpc) is 2.91. The monoisotopic (exact) mass is 522 g/mol. The van der Waals surface area contributed by atoms with E-state index in [0.717, 1.165) is 0 Å². The molecule has 1 amide bonds. The van der Waals surface area contributed by atoms with Gasteiger partial charge in [0.1, 0.15) is 17.1 Å². The largest absolute Gasteiger partial charge is 0.508 e. The van der Waals surface area contributed by atoms with E-state index in [0.29, 0.717) is 22.1 Å². The van der Waals surface area contributed by atoms with Gasteiger partial charge in [0, 0.05) is 34.2 Å². The Morgan fingerprint density at radius 1 is 0.923 bits per heavy atom. The average molecular weight is 522 g/mol. The lowest BCUT2D eigenvalue weighted by Gasteiger charge is -2.17. The van der Waals surface area contributed by atoms with Gasteiger partial charge in [-0.3, -0.25) is 9.59 Å². The number of nitrogens with zero attached hydrogens (tertiary/aromatic N) is 1. The maximum Gasteiger partial charge on any atom is 0.489 e. The van der Waals surface area contributed by atoms with Crippen LogP contribution < -0.4 is 16.3 Å². The maximum atomic E-state index is 12.8. The Balaban J connectivity index is 1.56. The minimum absolute atomic E-state index is 0.0116. The number of carboxylic acids is 1. The van der Waals surface area contributed by atoms with E-state index in [2.05, 4.69) is 10.5 Å². The zero-order chi connectivity index (χ0) is 27.7. The van der Waals surface area contributed by atoms with Crippen molar-refractivity contribution in [1.29, 1.82) is 0 Å². The van der Waals surface area contributed by atoms with Crippen LogP contribution in [-0.4, -0.2) is 45.5 Å². The molecule has 0 spiro atoms. The number of carbonyl (C=O) groups excluding carboxylic acids is 1. The molecule has 11 heteroatoms. The Morgan fingerprint density at radius 2 is 1.69 bits per heavy atom. The number of aromatic carboxylic acids is 1. The quantitative estimate of drug-likeness (QED) is 0.0980. The highest BCUT2D eigenvalue weighted by Gasteiger charge is 2.23. The van der Waals surface area contributed by atoms with Gasteiger partial charge in [-0.15, -0.1) is 0 Å². The van der Waals surface area contributed by atoms with Crippen molar-refractivity contribution in [2.45, 2.75) is 0 Å². The maximum absolute atomic E-state index is 12.8. The normalized spacial score (nSPS) is 11.2. The molecule has 0 fully saturated rings. The van der Waals surface area contributed by atoms with Crippen molar-refractivity contribution in [3.8, 4) is 28.2 Å². The minimum atomic E-state index is -1.73. The molecule has 5 N–H and O–H groups in total. The smallest absolute Gasteiger partial charge is 0.489 e. The van der Waals surface area contributed by atoms with Crippen molar-refractivity contribution in [1.82, 2.24) is 5.43 Å². The Bertz CT molecular complexity index is 1810. The van der Waals surface area contributed by atoms with Crippen LogP contribution in [0.2, 0.25) is 0 Å². The van der Waals surface area contributed by atoms with Crippen molar-refractivity contribution < 1.29 is 34.3 Å². The number of nitrogens with one attached hydrogen (secondary N) is 1. The van der Waals surface area contributed by atoms with Gasteiger partial charge in [0.05, 0.1) is 11.8 Å². The number of hydrogen-bond acceptors (Lipinski definition) is 8. The summed E-state index contributed by atoms with van der Waals surface area (Å²) in [5.41, 5.74) is 3.82. The van der Waals surface area contributed by atoms with Gasteiger partial charge in [-0.05, 0) is 53.0 Å². The van der Waals surface area contributed by atoms with Crippen LogP contribution in [0.15, 0.2) is 93.2 Å². The molecule has 1 heterocycles. The van der Waals surface area contributed by atoms with E-state index < -0.39 is 19.0 Å². The number of phenolic OH excluding ortho intramolecular Hbond substituents is 1. The summed E-state index contributed by atoms with van der Waals surface area (Å²) < 4.78 is 5.82. The molecule has 39 heavy (non-hydrogen) atoms. The molecule has 0 aromatic heterocycles. The number of aromatic hydroxyl groups is 1. The van der Waals surface area contributed by atoms with Crippen LogP contribution in [0.4, 0.5) is 0 Å². The van der Waals surface area contributed by atoms with Crippen LogP contribution in [0.25, 0.3) is 33.4 Å². The van der Waals surface area contributed by atoms with Crippen molar-refractivity contribution in [3.63, 3.8) is 0 Å². The van der Waals surface area contributed by atoms with E-state index in [9.17, 15) is 34.6 Å². The summed E-state index contributed by atoms with van der Waals surface area (Å²) in [6.07, 6.45) is 1.24. The standard InChI is InChI=1S/C28H19BN2O8/c32-17-6-9-20-24(12-17)39-25-13-18(33)7-10-21(25)26(20)19-8-5-15(11-22(19)28(35)36)27(34)31-30-14-16-3-1-2-4-23(16)29(37)38/h1-14,32,37-38H,(H,31,34)(H,35,36)/b30-14+. The van der Waals surface area contributed by atoms with Crippen molar-refractivity contribution >= 4 is 41.6 Å². The third-order valence-corrected chi connectivity index (χ3v) is 6.10. The van der Waals surface area contributed by atoms with Crippen LogP contribution in [0.3, 0.4) is 0 Å². The van der Waals surface area contributed by atoms with Gasteiger partial charge >= 0.3 is 13.1 Å². The third kappa shape index (κ3) is 4.99. The van der Waals surface area contributed by atoms with Crippen LogP contribution in [0, 0.1) is 0 Å².